The van der Waals surface area contributed by atoms with E-state index in [1.165, 1.54) is 4.31 Å². The standard InChI is InChI=1S/C17H27N5O3S/c1-2-3-4-5-13-10-14-15(16(18)19-13)20-17(23)22(14)11-12-6-8-21(9-7-12)26(24)25/h10,12,26H,2-9,11H2,1H3,(H2,18,19)(H,20,23). The maximum Gasteiger partial charge on any atom is 0.294 e. The van der Waals surface area contributed by atoms with Crippen molar-refractivity contribution in [1.29, 1.82) is 0 Å². The zero-order chi connectivity index (χ0) is 18.7. The lowest BCUT2D eigenvalue weighted by Crippen LogP contribution is -2.33. The predicted octanol–water partition coefficient (Wildman–Crippen LogP) is 1.69. The van der Waals surface area contributed by atoms with Gasteiger partial charge in [-0.3, -0.25) is 4.57 Å². The molecule has 1 fully saturated rings. The van der Waals surface area contributed by atoms with Gasteiger partial charge in [-0.1, -0.05) is 19.8 Å². The molecular formula is C17H27N5O3S. The molecule has 26 heavy (non-hydrogen) atoms. The van der Waals surface area contributed by atoms with E-state index in [4.69, 9.17) is 5.73 Å². The second-order valence-corrected chi connectivity index (χ2v) is 8.02. The molecule has 0 amide bonds. The largest absolute Gasteiger partial charge is 0.480 e. The van der Waals surface area contributed by atoms with Crippen LogP contribution in [0.25, 0.3) is 11.0 Å². The normalized spacial score (nSPS) is 16.7. The Morgan fingerprint density at radius 1 is 1.27 bits per heavy atom. The number of rotatable bonds is 7. The second kappa shape index (κ2) is 8.22. The van der Waals surface area contributed by atoms with E-state index >= 15 is 0 Å². The van der Waals surface area contributed by atoms with E-state index in [0.717, 1.165) is 49.7 Å². The van der Waals surface area contributed by atoms with Crippen molar-refractivity contribution in [2.24, 2.45) is 5.92 Å². The Labute approximate surface area is 155 Å². The minimum absolute atomic E-state index is 0.0588. The summed E-state index contributed by atoms with van der Waals surface area (Å²) in [7, 11) is -2.50. The number of hydrogen-bond donors (Lipinski definition) is 3. The Morgan fingerprint density at radius 2 is 2.00 bits per heavy atom. The minimum atomic E-state index is -2.50. The molecule has 0 unspecified atom stereocenters. The van der Waals surface area contributed by atoms with E-state index in [2.05, 4.69) is 16.9 Å². The molecule has 1 saturated heterocycles. The minimum Gasteiger partial charge on any atom is -0.480 e. The van der Waals surface area contributed by atoms with Gasteiger partial charge < -0.3 is 10.8 Å². The van der Waals surface area contributed by atoms with Gasteiger partial charge in [-0.2, -0.15) is 4.98 Å². The van der Waals surface area contributed by atoms with Gasteiger partial charge in [0.05, 0.1) is 5.52 Å². The van der Waals surface area contributed by atoms with Crippen molar-refractivity contribution < 1.29 is 13.5 Å². The molecular weight excluding hydrogens is 354 g/mol. The number of hydrogen-bond acceptors (Lipinski definition) is 6. The zero-order valence-electron chi connectivity index (χ0n) is 15.1. The Bertz CT molecular complexity index is 833. The molecule has 9 heteroatoms. The van der Waals surface area contributed by atoms with Crippen LogP contribution >= 0.6 is 0 Å². The maximum absolute atomic E-state index is 11.1. The van der Waals surface area contributed by atoms with Crippen molar-refractivity contribution in [1.82, 2.24) is 18.8 Å². The maximum atomic E-state index is 11.1. The fourth-order valence-corrected chi connectivity index (χ4v) is 4.13. The lowest BCUT2D eigenvalue weighted by Gasteiger charge is -2.28. The molecule has 0 spiro atoms. The Balaban J connectivity index is 1.80. The first kappa shape index (κ1) is 18.9. The lowest BCUT2D eigenvalue weighted by molar-refractivity contribution is 0.251. The molecule has 3 rings (SSSR count). The summed E-state index contributed by atoms with van der Waals surface area (Å²) in [5.74, 6) is 0.642. The van der Waals surface area contributed by atoms with E-state index in [1.807, 2.05) is 6.07 Å². The van der Waals surface area contributed by atoms with E-state index in [0.29, 0.717) is 36.9 Å². The summed E-state index contributed by atoms with van der Waals surface area (Å²) in [5, 5.41) is 10.3. The lowest BCUT2D eigenvalue weighted by atomic mass is 9.98. The van der Waals surface area contributed by atoms with Gasteiger partial charge in [0.25, 0.3) is 6.01 Å². The van der Waals surface area contributed by atoms with Gasteiger partial charge in [0, 0.05) is 25.3 Å². The number of imidazole rings is 1. The molecule has 0 bridgehead atoms. The molecule has 1 aliphatic heterocycles. The molecule has 0 aromatic carbocycles. The highest BCUT2D eigenvalue weighted by Gasteiger charge is 2.23. The Morgan fingerprint density at radius 3 is 2.65 bits per heavy atom. The fraction of sp³-hybridized carbons (Fsp3) is 0.647. The first-order valence-electron chi connectivity index (χ1n) is 9.23. The monoisotopic (exact) mass is 381 g/mol. The van der Waals surface area contributed by atoms with Crippen molar-refractivity contribution in [3.8, 4) is 6.01 Å². The molecule has 3 heterocycles. The van der Waals surface area contributed by atoms with E-state index in [9.17, 15) is 13.5 Å². The number of nitrogen functional groups attached to an aromatic ring is 1. The van der Waals surface area contributed by atoms with Crippen molar-refractivity contribution in [2.45, 2.75) is 52.0 Å². The Kier molecular flexibility index (Phi) is 5.98. The smallest absolute Gasteiger partial charge is 0.294 e. The molecule has 144 valence electrons. The average Bonchev–Trinajstić information content (AvgIpc) is 2.92. The summed E-state index contributed by atoms with van der Waals surface area (Å²) in [6.07, 6.45) is 5.74. The highest BCUT2D eigenvalue weighted by Crippen LogP contribution is 2.29. The molecule has 1 aliphatic rings. The second-order valence-electron chi connectivity index (χ2n) is 6.98. The number of nitrogens with zero attached hydrogens (tertiary/aromatic N) is 4. The van der Waals surface area contributed by atoms with Crippen LogP contribution < -0.4 is 5.73 Å². The van der Waals surface area contributed by atoms with Crippen molar-refractivity contribution in [2.75, 3.05) is 18.8 Å². The van der Waals surface area contributed by atoms with Crippen LogP contribution in [0.2, 0.25) is 0 Å². The van der Waals surface area contributed by atoms with Crippen LogP contribution in [0, 0.1) is 5.92 Å². The molecule has 2 aromatic heterocycles. The summed E-state index contributed by atoms with van der Waals surface area (Å²) >= 11 is 0. The van der Waals surface area contributed by atoms with Crippen LogP contribution in [-0.2, 0) is 23.9 Å². The molecule has 0 radical (unpaired) electrons. The third kappa shape index (κ3) is 4.09. The number of fused-ring (bicyclic) bond motifs is 1. The predicted molar refractivity (Wildman–Crippen MR) is 101 cm³/mol. The number of thiol groups is 1. The topological polar surface area (TPSA) is 114 Å². The van der Waals surface area contributed by atoms with E-state index in [1.54, 1.807) is 4.57 Å². The summed E-state index contributed by atoms with van der Waals surface area (Å²) in [6, 6.07) is 1.91. The zero-order valence-corrected chi connectivity index (χ0v) is 16.0. The summed E-state index contributed by atoms with van der Waals surface area (Å²) in [5.41, 5.74) is 8.31. The number of pyridine rings is 1. The van der Waals surface area contributed by atoms with Crippen LogP contribution in [0.4, 0.5) is 5.82 Å². The van der Waals surface area contributed by atoms with Gasteiger partial charge in [0.2, 0.25) is 10.9 Å². The van der Waals surface area contributed by atoms with E-state index < -0.39 is 10.9 Å². The van der Waals surface area contributed by atoms with Crippen LogP contribution in [0.5, 0.6) is 6.01 Å². The molecule has 0 saturated carbocycles. The van der Waals surface area contributed by atoms with Crippen molar-refractivity contribution in [3.05, 3.63) is 11.8 Å². The number of aromatic nitrogens is 3. The number of aromatic hydroxyl groups is 1. The third-order valence-electron chi connectivity index (χ3n) is 5.10. The average molecular weight is 382 g/mol. The van der Waals surface area contributed by atoms with Crippen LogP contribution in [0.3, 0.4) is 0 Å². The van der Waals surface area contributed by atoms with Gasteiger partial charge in [-0.05, 0) is 37.7 Å². The Hall–Kier alpha value is -1.87. The number of unbranched alkanes of at least 4 members (excludes halogenated alkanes) is 2. The highest BCUT2D eigenvalue weighted by atomic mass is 32.2. The molecule has 8 nitrogen and oxygen atoms in total. The molecule has 0 aliphatic carbocycles. The van der Waals surface area contributed by atoms with Crippen LogP contribution in [0.1, 0.15) is 44.7 Å². The number of piperidine rings is 1. The quantitative estimate of drug-likeness (QED) is 0.497. The molecule has 0 atom stereocenters. The first-order valence-corrected chi connectivity index (χ1v) is 10.4. The first-order chi connectivity index (χ1) is 12.5. The SMILES string of the molecule is CCCCCc1cc2c(nc(O)n2CC2CCN([SH](=O)=O)CC2)c(N)n1. The van der Waals surface area contributed by atoms with Crippen molar-refractivity contribution in [3.63, 3.8) is 0 Å². The van der Waals surface area contributed by atoms with Gasteiger partial charge >= 0.3 is 0 Å². The molecule has 3 N–H and O–H groups in total. The number of anilines is 1. The van der Waals surface area contributed by atoms with Crippen LogP contribution in [0.15, 0.2) is 6.07 Å². The van der Waals surface area contributed by atoms with Gasteiger partial charge in [-0.15, -0.1) is 0 Å². The van der Waals surface area contributed by atoms with Gasteiger partial charge in [-0.25, -0.2) is 17.7 Å². The number of aryl methyl sites for hydroxylation is 1. The fourth-order valence-electron chi connectivity index (χ4n) is 3.57. The summed E-state index contributed by atoms with van der Waals surface area (Å²) in [6.45, 7) is 3.82. The van der Waals surface area contributed by atoms with Gasteiger partial charge in [0.1, 0.15) is 5.52 Å². The van der Waals surface area contributed by atoms with E-state index in [-0.39, 0.29) is 6.01 Å². The third-order valence-corrected chi connectivity index (χ3v) is 5.96. The summed E-state index contributed by atoms with van der Waals surface area (Å²) < 4.78 is 25.4. The van der Waals surface area contributed by atoms with Crippen molar-refractivity contribution >= 4 is 27.7 Å². The van der Waals surface area contributed by atoms with Gasteiger partial charge in [0.15, 0.2) is 5.82 Å². The summed E-state index contributed by atoms with van der Waals surface area (Å²) in [4.78, 5) is 8.60. The highest BCUT2D eigenvalue weighted by molar-refractivity contribution is 7.69. The number of nitrogens with two attached hydrogens (primary N) is 1. The van der Waals surface area contributed by atoms with Crippen LogP contribution in [-0.4, -0.2) is 45.5 Å². The molecule has 2 aromatic rings.